The fourth-order valence-electron chi connectivity index (χ4n) is 2.54. The Kier molecular flexibility index (Phi) is 4.81. The van der Waals surface area contributed by atoms with E-state index in [1.807, 2.05) is 38.1 Å². The van der Waals surface area contributed by atoms with Gasteiger partial charge in [0.1, 0.15) is 11.6 Å². The molecular formula is C18H16BrN5O. The number of rotatable bonds is 4. The summed E-state index contributed by atoms with van der Waals surface area (Å²) in [6.07, 6.45) is 0. The molecule has 0 fully saturated rings. The van der Waals surface area contributed by atoms with Gasteiger partial charge in [-0.25, -0.2) is 9.97 Å². The van der Waals surface area contributed by atoms with E-state index in [0.29, 0.717) is 28.7 Å². The molecule has 126 valence electrons. The van der Waals surface area contributed by atoms with Crippen LogP contribution in [0.4, 0.5) is 5.82 Å². The van der Waals surface area contributed by atoms with Crippen molar-refractivity contribution in [2.45, 2.75) is 19.9 Å². The first-order chi connectivity index (χ1) is 12.0. The van der Waals surface area contributed by atoms with Crippen LogP contribution in [-0.2, 0) is 0 Å². The van der Waals surface area contributed by atoms with Crippen LogP contribution < -0.4 is 10.1 Å². The Morgan fingerprint density at radius 2 is 2.04 bits per heavy atom. The van der Waals surface area contributed by atoms with Crippen molar-refractivity contribution in [3.8, 4) is 11.9 Å². The lowest BCUT2D eigenvalue weighted by Gasteiger charge is -2.17. The van der Waals surface area contributed by atoms with Crippen LogP contribution in [0.15, 0.2) is 34.8 Å². The molecule has 0 aliphatic rings. The third-order valence-electron chi connectivity index (χ3n) is 3.78. The predicted octanol–water partition coefficient (Wildman–Crippen LogP) is 4.15. The number of fused-ring (bicyclic) bond motifs is 1. The van der Waals surface area contributed by atoms with E-state index in [1.54, 1.807) is 13.2 Å². The normalized spacial score (nSPS) is 11.8. The quantitative estimate of drug-likeness (QED) is 0.711. The maximum Gasteiger partial charge on any atom is 0.229 e. The van der Waals surface area contributed by atoms with Crippen molar-refractivity contribution in [2.24, 2.45) is 0 Å². The number of methoxy groups -OCH3 is 1. The van der Waals surface area contributed by atoms with Crippen LogP contribution in [0.2, 0.25) is 0 Å². The first kappa shape index (κ1) is 17.1. The number of nitriles is 1. The average Bonchev–Trinajstić information content (AvgIpc) is 2.61. The van der Waals surface area contributed by atoms with Crippen LogP contribution in [0.5, 0.6) is 5.88 Å². The van der Waals surface area contributed by atoms with Gasteiger partial charge in [0.2, 0.25) is 5.88 Å². The summed E-state index contributed by atoms with van der Waals surface area (Å²) in [6.45, 7) is 3.84. The number of benzene rings is 1. The van der Waals surface area contributed by atoms with Gasteiger partial charge in [0.05, 0.1) is 34.6 Å². The molecule has 0 unspecified atom stereocenters. The largest absolute Gasteiger partial charge is 0.480 e. The molecule has 0 bridgehead atoms. The van der Waals surface area contributed by atoms with Gasteiger partial charge in [0.15, 0.2) is 5.65 Å². The molecule has 7 heteroatoms. The molecule has 25 heavy (non-hydrogen) atoms. The second-order valence-corrected chi connectivity index (χ2v) is 6.43. The first-order valence-corrected chi connectivity index (χ1v) is 8.46. The van der Waals surface area contributed by atoms with Gasteiger partial charge in [0.25, 0.3) is 0 Å². The van der Waals surface area contributed by atoms with E-state index in [2.05, 4.69) is 42.3 Å². The Morgan fingerprint density at radius 3 is 2.76 bits per heavy atom. The fourth-order valence-corrected chi connectivity index (χ4v) is 3.02. The Balaban J connectivity index is 2.03. The molecule has 2 aromatic heterocycles. The molecule has 3 aromatic rings. The molecule has 0 aliphatic heterocycles. The van der Waals surface area contributed by atoms with Crippen molar-refractivity contribution < 1.29 is 4.74 Å². The van der Waals surface area contributed by atoms with E-state index in [9.17, 15) is 0 Å². The van der Waals surface area contributed by atoms with E-state index < -0.39 is 0 Å². The van der Waals surface area contributed by atoms with Crippen molar-refractivity contribution in [3.63, 3.8) is 0 Å². The summed E-state index contributed by atoms with van der Waals surface area (Å²) in [5.41, 5.74) is 2.20. The number of halogens is 1. The molecule has 1 N–H and O–H groups in total. The highest BCUT2D eigenvalue weighted by atomic mass is 79.9. The minimum atomic E-state index is -0.0355. The molecular weight excluding hydrogens is 382 g/mol. The minimum absolute atomic E-state index is 0.0355. The number of pyridine rings is 1. The zero-order valence-electron chi connectivity index (χ0n) is 14.0. The lowest BCUT2D eigenvalue weighted by Crippen LogP contribution is -2.10. The second kappa shape index (κ2) is 7.03. The third-order valence-corrected chi connectivity index (χ3v) is 4.35. The molecule has 0 amide bonds. The van der Waals surface area contributed by atoms with Gasteiger partial charge < -0.3 is 10.1 Å². The fraction of sp³-hybridized carbons (Fsp3) is 0.222. The highest BCUT2D eigenvalue weighted by Crippen LogP contribution is 2.31. The van der Waals surface area contributed by atoms with Crippen LogP contribution in [0.25, 0.3) is 11.0 Å². The maximum absolute atomic E-state index is 9.07. The van der Waals surface area contributed by atoms with Crippen LogP contribution in [-0.4, -0.2) is 22.1 Å². The van der Waals surface area contributed by atoms with Gasteiger partial charge in [-0.15, -0.1) is 0 Å². The van der Waals surface area contributed by atoms with Crippen LogP contribution in [0.1, 0.15) is 29.9 Å². The number of aromatic nitrogens is 3. The molecule has 1 aromatic carbocycles. The standard InChI is InChI=1S/C18H16BrN5O/c1-10(13-6-4-5-12(7-13)9-20)21-16-14-8-15(19)18(25-3)24-17(14)23-11(2)22-16/h4-8,10H,1-3H3,(H,21,22,23,24)/t10-/m1/s1. The maximum atomic E-state index is 9.07. The number of hydrogen-bond acceptors (Lipinski definition) is 6. The van der Waals surface area contributed by atoms with E-state index in [-0.39, 0.29) is 6.04 Å². The molecule has 0 saturated carbocycles. The lowest BCUT2D eigenvalue weighted by molar-refractivity contribution is 0.396. The smallest absolute Gasteiger partial charge is 0.229 e. The van der Waals surface area contributed by atoms with Gasteiger partial charge in [-0.2, -0.15) is 10.2 Å². The van der Waals surface area contributed by atoms with Crippen molar-refractivity contribution in [2.75, 3.05) is 12.4 Å². The van der Waals surface area contributed by atoms with Crippen molar-refractivity contribution in [1.29, 1.82) is 5.26 Å². The van der Waals surface area contributed by atoms with Gasteiger partial charge >= 0.3 is 0 Å². The van der Waals surface area contributed by atoms with Gasteiger partial charge in [-0.3, -0.25) is 0 Å². The Morgan fingerprint density at radius 1 is 1.24 bits per heavy atom. The Labute approximate surface area is 154 Å². The zero-order chi connectivity index (χ0) is 18.0. The van der Waals surface area contributed by atoms with Gasteiger partial charge in [-0.05, 0) is 53.5 Å². The number of anilines is 1. The second-order valence-electron chi connectivity index (χ2n) is 5.57. The van der Waals surface area contributed by atoms with E-state index in [4.69, 9.17) is 10.00 Å². The van der Waals surface area contributed by atoms with Crippen LogP contribution in [0, 0.1) is 18.3 Å². The van der Waals surface area contributed by atoms with Crippen molar-refractivity contribution in [3.05, 3.63) is 51.8 Å². The van der Waals surface area contributed by atoms with Gasteiger partial charge in [0, 0.05) is 0 Å². The summed E-state index contributed by atoms with van der Waals surface area (Å²) in [6, 6.07) is 11.5. The van der Waals surface area contributed by atoms with Crippen LogP contribution >= 0.6 is 15.9 Å². The lowest BCUT2D eigenvalue weighted by atomic mass is 10.1. The number of nitrogens with zero attached hydrogens (tertiary/aromatic N) is 4. The summed E-state index contributed by atoms with van der Waals surface area (Å²) >= 11 is 3.45. The molecule has 1 atom stereocenters. The summed E-state index contributed by atoms with van der Waals surface area (Å²) < 4.78 is 5.97. The molecule has 0 radical (unpaired) electrons. The number of hydrogen-bond donors (Lipinski definition) is 1. The molecule has 3 rings (SSSR count). The number of ether oxygens (including phenoxy) is 1. The summed E-state index contributed by atoms with van der Waals surface area (Å²) in [5.74, 6) is 1.78. The van der Waals surface area contributed by atoms with Gasteiger partial charge in [-0.1, -0.05) is 12.1 Å². The monoisotopic (exact) mass is 397 g/mol. The van der Waals surface area contributed by atoms with Crippen molar-refractivity contribution in [1.82, 2.24) is 15.0 Å². The van der Waals surface area contributed by atoms with Crippen LogP contribution in [0.3, 0.4) is 0 Å². The third kappa shape index (κ3) is 3.54. The Bertz CT molecular complexity index is 983. The minimum Gasteiger partial charge on any atom is -0.480 e. The molecule has 0 spiro atoms. The highest BCUT2D eigenvalue weighted by Gasteiger charge is 2.14. The highest BCUT2D eigenvalue weighted by molar-refractivity contribution is 9.10. The average molecular weight is 398 g/mol. The zero-order valence-corrected chi connectivity index (χ0v) is 15.6. The predicted molar refractivity (Wildman–Crippen MR) is 99.5 cm³/mol. The molecule has 2 heterocycles. The van der Waals surface area contributed by atoms with E-state index in [0.717, 1.165) is 15.4 Å². The first-order valence-electron chi connectivity index (χ1n) is 7.67. The SMILES string of the molecule is COc1nc2nc(C)nc(N[C@H](C)c3cccc(C#N)c3)c2cc1Br. The Hall–Kier alpha value is -2.72. The molecule has 0 saturated heterocycles. The van der Waals surface area contributed by atoms with E-state index in [1.165, 1.54) is 0 Å². The topological polar surface area (TPSA) is 83.7 Å². The molecule has 0 aliphatic carbocycles. The molecule has 6 nitrogen and oxygen atoms in total. The summed E-state index contributed by atoms with van der Waals surface area (Å²) in [4.78, 5) is 13.3. The summed E-state index contributed by atoms with van der Waals surface area (Å²) in [5, 5.41) is 13.3. The summed E-state index contributed by atoms with van der Waals surface area (Å²) in [7, 11) is 1.57. The number of nitrogens with one attached hydrogen (secondary N) is 1. The van der Waals surface area contributed by atoms with Crippen molar-refractivity contribution >= 4 is 32.8 Å². The number of aryl methyl sites for hydroxylation is 1. The van der Waals surface area contributed by atoms with E-state index >= 15 is 0 Å².